The Labute approximate surface area is 83.8 Å². The van der Waals surface area contributed by atoms with Gasteiger partial charge >= 0.3 is 0 Å². The molecule has 1 saturated heterocycles. The Balaban J connectivity index is 2.13. The zero-order valence-electron chi connectivity index (χ0n) is 8.18. The Kier molecular flexibility index (Phi) is 2.34. The van der Waals surface area contributed by atoms with Crippen molar-refractivity contribution in [3.8, 4) is 0 Å². The number of nitrogens with zero attached hydrogens (tertiary/aromatic N) is 2. The Hall–Kier alpha value is -0.840. The second-order valence-electron chi connectivity index (χ2n) is 3.80. The Morgan fingerprint density at radius 3 is 2.57 bits per heavy atom. The molecule has 0 bridgehead atoms. The van der Waals surface area contributed by atoms with E-state index in [1.54, 1.807) is 6.20 Å². The molecule has 1 aromatic rings. The number of sulfone groups is 1. The molecule has 14 heavy (non-hydrogen) atoms. The summed E-state index contributed by atoms with van der Waals surface area (Å²) in [6, 6.07) is 2.22. The van der Waals surface area contributed by atoms with Crippen LogP contribution >= 0.6 is 0 Å². The summed E-state index contributed by atoms with van der Waals surface area (Å²) in [5.41, 5.74) is 1.11. The molecule has 0 unspecified atom stereocenters. The third-order valence-electron chi connectivity index (χ3n) is 2.74. The summed E-state index contributed by atoms with van der Waals surface area (Å²) in [7, 11) is -2.76. The monoisotopic (exact) mass is 214 g/mol. The van der Waals surface area contributed by atoms with Gasteiger partial charge in [0.15, 0.2) is 0 Å². The minimum Gasteiger partial charge on any atom is -0.267 e. The number of aryl methyl sites for hydroxylation is 1. The van der Waals surface area contributed by atoms with Crippen LogP contribution in [0.25, 0.3) is 0 Å². The molecule has 5 heteroatoms. The van der Waals surface area contributed by atoms with Gasteiger partial charge in [-0.2, -0.15) is 5.10 Å². The van der Waals surface area contributed by atoms with Crippen LogP contribution in [0, 0.1) is 6.92 Å². The number of rotatable bonds is 1. The molecule has 1 fully saturated rings. The number of hydrogen-bond acceptors (Lipinski definition) is 3. The lowest BCUT2D eigenvalue weighted by Crippen LogP contribution is -2.26. The Bertz CT molecular complexity index is 408. The van der Waals surface area contributed by atoms with Crippen molar-refractivity contribution in [3.05, 3.63) is 18.0 Å². The van der Waals surface area contributed by atoms with Crippen molar-refractivity contribution < 1.29 is 8.42 Å². The van der Waals surface area contributed by atoms with Gasteiger partial charge in [-0.3, -0.25) is 4.68 Å². The van der Waals surface area contributed by atoms with E-state index in [0.717, 1.165) is 5.69 Å². The molecule has 1 aromatic heterocycles. The lowest BCUT2D eigenvalue weighted by Gasteiger charge is -2.23. The van der Waals surface area contributed by atoms with Crippen LogP contribution in [0.2, 0.25) is 0 Å². The van der Waals surface area contributed by atoms with Gasteiger partial charge in [-0.1, -0.05) is 0 Å². The third kappa shape index (κ3) is 1.82. The van der Waals surface area contributed by atoms with E-state index < -0.39 is 9.84 Å². The maximum atomic E-state index is 11.2. The Morgan fingerprint density at radius 1 is 1.43 bits per heavy atom. The van der Waals surface area contributed by atoms with E-state index in [0.29, 0.717) is 24.3 Å². The molecule has 2 heterocycles. The first kappa shape index (κ1) is 9.71. The molecular weight excluding hydrogens is 200 g/mol. The molecular formula is C9H14N2O2S. The van der Waals surface area contributed by atoms with Crippen LogP contribution in [0.15, 0.2) is 12.3 Å². The van der Waals surface area contributed by atoms with E-state index in [9.17, 15) is 8.42 Å². The van der Waals surface area contributed by atoms with Crippen LogP contribution in [-0.2, 0) is 9.84 Å². The Morgan fingerprint density at radius 2 is 2.07 bits per heavy atom. The van der Waals surface area contributed by atoms with E-state index in [2.05, 4.69) is 5.10 Å². The van der Waals surface area contributed by atoms with Crippen molar-refractivity contribution in [1.29, 1.82) is 0 Å². The zero-order chi connectivity index (χ0) is 10.2. The van der Waals surface area contributed by atoms with Crippen LogP contribution in [0.4, 0.5) is 0 Å². The van der Waals surface area contributed by atoms with E-state index >= 15 is 0 Å². The molecule has 0 spiro atoms. The van der Waals surface area contributed by atoms with Crippen molar-refractivity contribution in [1.82, 2.24) is 9.78 Å². The predicted molar refractivity (Wildman–Crippen MR) is 53.9 cm³/mol. The molecule has 78 valence electrons. The first-order valence-corrected chi connectivity index (χ1v) is 6.61. The normalized spacial score (nSPS) is 22.4. The van der Waals surface area contributed by atoms with E-state index in [-0.39, 0.29) is 6.04 Å². The topological polar surface area (TPSA) is 52.0 Å². The molecule has 1 aliphatic rings. The summed E-state index contributed by atoms with van der Waals surface area (Å²) in [6.45, 7) is 2.00. The molecule has 0 N–H and O–H groups in total. The van der Waals surface area contributed by atoms with Gasteiger partial charge in [0.1, 0.15) is 9.84 Å². The molecule has 0 radical (unpaired) electrons. The lowest BCUT2D eigenvalue weighted by molar-refractivity contribution is 0.406. The van der Waals surface area contributed by atoms with Gasteiger partial charge in [-0.05, 0) is 25.8 Å². The summed E-state index contributed by atoms with van der Waals surface area (Å²) in [5.74, 6) is 0.605. The minimum absolute atomic E-state index is 0.272. The maximum absolute atomic E-state index is 11.2. The summed E-state index contributed by atoms with van der Waals surface area (Å²) in [6.07, 6.45) is 3.16. The predicted octanol–water partition coefficient (Wildman–Crippen LogP) is 0.941. The van der Waals surface area contributed by atoms with Crippen LogP contribution in [0.1, 0.15) is 24.6 Å². The van der Waals surface area contributed by atoms with Crippen molar-refractivity contribution in [2.24, 2.45) is 0 Å². The summed E-state index contributed by atoms with van der Waals surface area (Å²) in [4.78, 5) is 0. The lowest BCUT2D eigenvalue weighted by atomic mass is 10.1. The van der Waals surface area contributed by atoms with Gasteiger partial charge in [-0.25, -0.2) is 8.42 Å². The zero-order valence-corrected chi connectivity index (χ0v) is 9.00. The SMILES string of the molecule is Cc1ccnn1C1CCS(=O)(=O)CC1. The first-order chi connectivity index (χ1) is 6.58. The van der Waals surface area contributed by atoms with Gasteiger partial charge in [0.25, 0.3) is 0 Å². The van der Waals surface area contributed by atoms with Gasteiger partial charge in [0.05, 0.1) is 17.5 Å². The number of aromatic nitrogens is 2. The highest BCUT2D eigenvalue weighted by Crippen LogP contribution is 2.24. The quantitative estimate of drug-likeness (QED) is 0.699. The summed E-state index contributed by atoms with van der Waals surface area (Å²) >= 11 is 0. The highest BCUT2D eigenvalue weighted by Gasteiger charge is 2.25. The minimum atomic E-state index is -2.76. The van der Waals surface area contributed by atoms with E-state index in [4.69, 9.17) is 0 Å². The van der Waals surface area contributed by atoms with E-state index in [1.165, 1.54) is 0 Å². The molecule has 0 amide bonds. The summed E-state index contributed by atoms with van der Waals surface area (Å²) < 4.78 is 24.4. The smallest absolute Gasteiger partial charge is 0.150 e. The first-order valence-electron chi connectivity index (χ1n) is 4.79. The van der Waals surface area contributed by atoms with Gasteiger partial charge < -0.3 is 0 Å². The molecule has 2 rings (SSSR count). The van der Waals surface area contributed by atoms with Gasteiger partial charge in [0.2, 0.25) is 0 Å². The van der Waals surface area contributed by atoms with Crippen molar-refractivity contribution in [2.75, 3.05) is 11.5 Å². The second kappa shape index (κ2) is 3.38. The second-order valence-corrected chi connectivity index (χ2v) is 6.10. The molecule has 0 aliphatic carbocycles. The average Bonchev–Trinajstić information content (AvgIpc) is 2.52. The molecule has 0 atom stereocenters. The fourth-order valence-corrected chi connectivity index (χ4v) is 3.35. The molecule has 1 aliphatic heterocycles. The summed E-state index contributed by atoms with van der Waals surface area (Å²) in [5, 5.41) is 4.21. The average molecular weight is 214 g/mol. The van der Waals surface area contributed by atoms with Gasteiger partial charge in [-0.15, -0.1) is 0 Å². The fourth-order valence-electron chi connectivity index (χ4n) is 1.88. The van der Waals surface area contributed by atoms with Crippen molar-refractivity contribution in [3.63, 3.8) is 0 Å². The fraction of sp³-hybridized carbons (Fsp3) is 0.667. The number of hydrogen-bond donors (Lipinski definition) is 0. The maximum Gasteiger partial charge on any atom is 0.150 e. The standard InChI is InChI=1S/C9H14N2O2S/c1-8-2-5-10-11(8)9-3-6-14(12,13)7-4-9/h2,5,9H,3-4,6-7H2,1H3. The van der Waals surface area contributed by atoms with Crippen LogP contribution < -0.4 is 0 Å². The highest BCUT2D eigenvalue weighted by molar-refractivity contribution is 7.91. The third-order valence-corrected chi connectivity index (χ3v) is 4.45. The molecule has 4 nitrogen and oxygen atoms in total. The molecule has 0 aromatic carbocycles. The molecule has 0 saturated carbocycles. The van der Waals surface area contributed by atoms with Crippen LogP contribution in [0.5, 0.6) is 0 Å². The van der Waals surface area contributed by atoms with Crippen LogP contribution in [0.3, 0.4) is 0 Å². The highest BCUT2D eigenvalue weighted by atomic mass is 32.2. The van der Waals surface area contributed by atoms with Crippen molar-refractivity contribution >= 4 is 9.84 Å². The van der Waals surface area contributed by atoms with E-state index in [1.807, 2.05) is 17.7 Å². The van der Waals surface area contributed by atoms with Crippen LogP contribution in [-0.4, -0.2) is 29.7 Å². The van der Waals surface area contributed by atoms with Gasteiger partial charge in [0, 0.05) is 11.9 Å². The largest absolute Gasteiger partial charge is 0.267 e. The van der Waals surface area contributed by atoms with Crippen molar-refractivity contribution in [2.45, 2.75) is 25.8 Å².